The minimum atomic E-state index is 0.590. The third-order valence-corrected chi connectivity index (χ3v) is 5.69. The predicted molar refractivity (Wildman–Crippen MR) is 91.1 cm³/mol. The van der Waals surface area contributed by atoms with E-state index in [-0.39, 0.29) is 0 Å². The predicted octanol–water partition coefficient (Wildman–Crippen LogP) is 1.52. The Morgan fingerprint density at radius 3 is 3.00 bits per heavy atom. The van der Waals surface area contributed by atoms with Crippen LogP contribution in [0.3, 0.4) is 0 Å². The van der Waals surface area contributed by atoms with Crippen LogP contribution in [0.15, 0.2) is 18.6 Å². The van der Waals surface area contributed by atoms with Crippen LogP contribution in [0.25, 0.3) is 5.52 Å². The molecule has 5 rings (SSSR count). The van der Waals surface area contributed by atoms with Gasteiger partial charge in [0.15, 0.2) is 5.82 Å². The molecule has 6 nitrogen and oxygen atoms in total. The van der Waals surface area contributed by atoms with Crippen molar-refractivity contribution in [1.82, 2.24) is 19.7 Å². The number of piperidine rings is 1. The van der Waals surface area contributed by atoms with Crippen molar-refractivity contribution < 1.29 is 0 Å². The van der Waals surface area contributed by atoms with Gasteiger partial charge in [0.1, 0.15) is 5.52 Å². The standard InChI is InChI=1S/C17H24N6/c1-12-3-2-5-21(10-12)17-20-9-15-16(18-4-6-22(15)17)23-11-13-7-14(23)8-19-13/h4,6,9,12-14,19H,2-3,5,7-8,10-11H2,1H3/t12-,13+,14+/m1/s1. The van der Waals surface area contributed by atoms with Crippen LogP contribution < -0.4 is 15.1 Å². The number of imidazole rings is 1. The molecule has 3 aliphatic rings. The van der Waals surface area contributed by atoms with Crippen molar-refractivity contribution in [2.45, 2.75) is 38.3 Å². The van der Waals surface area contributed by atoms with Crippen LogP contribution >= 0.6 is 0 Å². The first-order chi connectivity index (χ1) is 11.3. The van der Waals surface area contributed by atoms with E-state index in [1.54, 1.807) is 0 Å². The van der Waals surface area contributed by atoms with E-state index in [4.69, 9.17) is 9.97 Å². The van der Waals surface area contributed by atoms with Crippen molar-refractivity contribution in [3.63, 3.8) is 0 Å². The van der Waals surface area contributed by atoms with Gasteiger partial charge in [0, 0.05) is 50.7 Å². The molecule has 3 fully saturated rings. The summed E-state index contributed by atoms with van der Waals surface area (Å²) in [6.45, 7) is 6.70. The van der Waals surface area contributed by atoms with E-state index in [0.29, 0.717) is 12.1 Å². The van der Waals surface area contributed by atoms with Crippen molar-refractivity contribution in [2.24, 2.45) is 5.92 Å². The summed E-state index contributed by atoms with van der Waals surface area (Å²) in [4.78, 5) is 14.4. The van der Waals surface area contributed by atoms with Gasteiger partial charge < -0.3 is 15.1 Å². The smallest absolute Gasteiger partial charge is 0.210 e. The highest BCUT2D eigenvalue weighted by Crippen LogP contribution is 2.32. The van der Waals surface area contributed by atoms with E-state index in [1.165, 1.54) is 19.3 Å². The minimum absolute atomic E-state index is 0.590. The maximum atomic E-state index is 4.75. The number of anilines is 2. The normalized spacial score (nSPS) is 30.6. The molecule has 3 saturated heterocycles. The molecule has 0 unspecified atom stereocenters. The second-order valence-corrected chi connectivity index (χ2v) is 7.40. The lowest BCUT2D eigenvalue weighted by Crippen LogP contribution is -2.44. The monoisotopic (exact) mass is 312 g/mol. The summed E-state index contributed by atoms with van der Waals surface area (Å²) in [5, 5.41) is 3.57. The molecule has 0 spiro atoms. The number of nitrogens with one attached hydrogen (secondary N) is 1. The first kappa shape index (κ1) is 13.6. The molecule has 6 heteroatoms. The Hall–Kier alpha value is -1.82. The molecule has 0 aromatic carbocycles. The van der Waals surface area contributed by atoms with E-state index >= 15 is 0 Å². The second-order valence-electron chi connectivity index (χ2n) is 7.40. The van der Waals surface area contributed by atoms with Gasteiger partial charge in [-0.05, 0) is 25.2 Å². The molecule has 0 saturated carbocycles. The number of piperazine rings is 1. The van der Waals surface area contributed by atoms with Crippen molar-refractivity contribution in [1.29, 1.82) is 0 Å². The van der Waals surface area contributed by atoms with Gasteiger partial charge in [0.05, 0.1) is 6.20 Å². The number of hydrogen-bond donors (Lipinski definition) is 1. The maximum absolute atomic E-state index is 4.75. The molecule has 2 aromatic heterocycles. The summed E-state index contributed by atoms with van der Waals surface area (Å²) in [5.74, 6) is 2.93. The molecule has 122 valence electrons. The number of aromatic nitrogens is 3. The van der Waals surface area contributed by atoms with Crippen LogP contribution in [-0.2, 0) is 0 Å². The Kier molecular flexibility index (Phi) is 3.01. The van der Waals surface area contributed by atoms with Crippen LogP contribution in [0.2, 0.25) is 0 Å². The quantitative estimate of drug-likeness (QED) is 0.911. The van der Waals surface area contributed by atoms with E-state index in [9.17, 15) is 0 Å². The highest BCUT2D eigenvalue weighted by atomic mass is 15.3. The Morgan fingerprint density at radius 2 is 2.22 bits per heavy atom. The Balaban J connectivity index is 1.53. The van der Waals surface area contributed by atoms with Gasteiger partial charge in [-0.15, -0.1) is 0 Å². The molecular formula is C17H24N6. The maximum Gasteiger partial charge on any atom is 0.210 e. The lowest BCUT2D eigenvalue weighted by atomic mass is 10.0. The molecule has 23 heavy (non-hydrogen) atoms. The van der Waals surface area contributed by atoms with Crippen molar-refractivity contribution in [3.05, 3.63) is 18.6 Å². The average molecular weight is 312 g/mol. The van der Waals surface area contributed by atoms with E-state index in [1.807, 2.05) is 12.4 Å². The molecule has 3 aliphatic heterocycles. The first-order valence-electron chi connectivity index (χ1n) is 8.86. The summed E-state index contributed by atoms with van der Waals surface area (Å²) in [6.07, 6.45) is 9.84. The fraction of sp³-hybridized carbons (Fsp3) is 0.647. The molecule has 5 heterocycles. The number of nitrogens with zero attached hydrogens (tertiary/aromatic N) is 5. The SMILES string of the molecule is C[C@@H]1CCCN(c2ncc3c(N4C[C@@H]5C[C@H]4CN5)nccn23)C1. The van der Waals surface area contributed by atoms with Gasteiger partial charge in [-0.1, -0.05) is 6.92 Å². The van der Waals surface area contributed by atoms with Gasteiger partial charge in [0.25, 0.3) is 0 Å². The Labute approximate surface area is 136 Å². The van der Waals surface area contributed by atoms with E-state index in [0.717, 1.165) is 49.4 Å². The third kappa shape index (κ3) is 2.11. The molecule has 3 atom stereocenters. The van der Waals surface area contributed by atoms with Crippen LogP contribution in [0.4, 0.5) is 11.8 Å². The largest absolute Gasteiger partial charge is 0.349 e. The highest BCUT2D eigenvalue weighted by molar-refractivity contribution is 5.72. The summed E-state index contributed by atoms with van der Waals surface area (Å²) in [5.41, 5.74) is 1.15. The molecule has 0 aliphatic carbocycles. The number of fused-ring (bicyclic) bond motifs is 3. The first-order valence-corrected chi connectivity index (χ1v) is 8.86. The fourth-order valence-electron chi connectivity index (χ4n) is 4.55. The zero-order valence-corrected chi connectivity index (χ0v) is 13.6. The zero-order valence-electron chi connectivity index (χ0n) is 13.6. The van der Waals surface area contributed by atoms with Gasteiger partial charge in [-0.2, -0.15) is 0 Å². The number of rotatable bonds is 2. The van der Waals surface area contributed by atoms with E-state index < -0.39 is 0 Å². The summed E-state index contributed by atoms with van der Waals surface area (Å²) in [7, 11) is 0. The molecule has 2 bridgehead atoms. The number of hydrogen-bond acceptors (Lipinski definition) is 5. The van der Waals surface area contributed by atoms with Crippen molar-refractivity contribution >= 4 is 17.3 Å². The van der Waals surface area contributed by atoms with Gasteiger partial charge in [-0.3, -0.25) is 4.40 Å². The van der Waals surface area contributed by atoms with Gasteiger partial charge >= 0.3 is 0 Å². The fourth-order valence-corrected chi connectivity index (χ4v) is 4.55. The highest BCUT2D eigenvalue weighted by Gasteiger charge is 2.39. The Bertz CT molecular complexity index is 725. The van der Waals surface area contributed by atoms with Gasteiger partial charge in [-0.25, -0.2) is 9.97 Å². The molecule has 2 aromatic rings. The molecule has 1 N–H and O–H groups in total. The average Bonchev–Trinajstić information content (AvgIpc) is 3.29. The second kappa shape index (κ2) is 5.09. The molecule has 0 radical (unpaired) electrons. The van der Waals surface area contributed by atoms with Crippen LogP contribution in [-0.4, -0.2) is 52.6 Å². The molecular weight excluding hydrogens is 288 g/mol. The third-order valence-electron chi connectivity index (χ3n) is 5.69. The van der Waals surface area contributed by atoms with Crippen molar-refractivity contribution in [2.75, 3.05) is 36.0 Å². The van der Waals surface area contributed by atoms with Crippen LogP contribution in [0.5, 0.6) is 0 Å². The van der Waals surface area contributed by atoms with Gasteiger partial charge in [0.2, 0.25) is 5.95 Å². The lowest BCUT2D eigenvalue weighted by Gasteiger charge is -2.31. The van der Waals surface area contributed by atoms with E-state index in [2.05, 4.69) is 32.6 Å². The molecule has 0 amide bonds. The summed E-state index contributed by atoms with van der Waals surface area (Å²) in [6, 6.07) is 1.22. The summed E-state index contributed by atoms with van der Waals surface area (Å²) >= 11 is 0. The van der Waals surface area contributed by atoms with Crippen molar-refractivity contribution in [3.8, 4) is 0 Å². The lowest BCUT2D eigenvalue weighted by molar-refractivity contribution is 0.441. The zero-order chi connectivity index (χ0) is 15.4. The summed E-state index contributed by atoms with van der Waals surface area (Å²) < 4.78 is 2.24. The van der Waals surface area contributed by atoms with Crippen LogP contribution in [0, 0.1) is 5.92 Å². The van der Waals surface area contributed by atoms with Crippen LogP contribution in [0.1, 0.15) is 26.2 Å². The Morgan fingerprint density at radius 1 is 1.26 bits per heavy atom. The minimum Gasteiger partial charge on any atom is -0.349 e. The topological polar surface area (TPSA) is 48.7 Å².